The van der Waals surface area contributed by atoms with E-state index in [1.807, 2.05) is 24.3 Å². The lowest BCUT2D eigenvalue weighted by Crippen LogP contribution is -2.29. The van der Waals surface area contributed by atoms with Crippen LogP contribution < -0.4 is 11.3 Å². The first-order valence-electron chi connectivity index (χ1n) is 6.02. The summed E-state index contributed by atoms with van der Waals surface area (Å²) in [5, 5.41) is 0.686. The lowest BCUT2D eigenvalue weighted by molar-refractivity contribution is 0.633. The van der Waals surface area contributed by atoms with Gasteiger partial charge in [-0.1, -0.05) is 41.9 Å². The molecule has 0 saturated carbocycles. The molecule has 0 amide bonds. The Morgan fingerprint density at radius 2 is 1.74 bits per heavy atom. The van der Waals surface area contributed by atoms with Crippen molar-refractivity contribution in [1.29, 1.82) is 0 Å². The third kappa shape index (κ3) is 2.84. The Kier molecular flexibility index (Phi) is 4.63. The topological polar surface area (TPSA) is 38.0 Å². The molecule has 2 rings (SSSR count). The van der Waals surface area contributed by atoms with Crippen molar-refractivity contribution >= 4 is 27.5 Å². The molecule has 0 saturated heterocycles. The predicted molar refractivity (Wildman–Crippen MR) is 84.2 cm³/mol. The molecule has 2 aromatic carbocycles. The second kappa shape index (κ2) is 6.06. The minimum atomic E-state index is -0.120. The van der Waals surface area contributed by atoms with Crippen molar-refractivity contribution in [3.63, 3.8) is 0 Å². The van der Waals surface area contributed by atoms with Crippen molar-refractivity contribution in [2.24, 2.45) is 5.84 Å². The third-order valence-electron chi connectivity index (χ3n) is 3.42. The Labute approximate surface area is 127 Å². The van der Waals surface area contributed by atoms with Gasteiger partial charge >= 0.3 is 0 Å². The van der Waals surface area contributed by atoms with Crippen molar-refractivity contribution in [3.8, 4) is 0 Å². The van der Waals surface area contributed by atoms with Crippen LogP contribution in [0.25, 0.3) is 0 Å². The minimum Gasteiger partial charge on any atom is -0.271 e. The smallest absolute Gasteiger partial charge is 0.0727 e. The van der Waals surface area contributed by atoms with Crippen LogP contribution in [0.15, 0.2) is 40.9 Å². The van der Waals surface area contributed by atoms with Crippen molar-refractivity contribution < 1.29 is 0 Å². The summed E-state index contributed by atoms with van der Waals surface area (Å²) in [6.45, 7) is 4.19. The van der Waals surface area contributed by atoms with Crippen LogP contribution in [0.1, 0.15) is 28.3 Å². The summed E-state index contributed by atoms with van der Waals surface area (Å²) in [6.07, 6.45) is 0. The lowest BCUT2D eigenvalue weighted by Gasteiger charge is -2.21. The highest BCUT2D eigenvalue weighted by Crippen LogP contribution is 2.34. The quantitative estimate of drug-likeness (QED) is 0.647. The molecule has 0 bridgehead atoms. The first-order valence-corrected chi connectivity index (χ1v) is 7.19. The van der Waals surface area contributed by atoms with Crippen molar-refractivity contribution in [1.82, 2.24) is 5.43 Å². The molecule has 2 nitrogen and oxygen atoms in total. The third-order valence-corrected chi connectivity index (χ3v) is 4.73. The van der Waals surface area contributed by atoms with E-state index in [1.54, 1.807) is 0 Å². The van der Waals surface area contributed by atoms with Crippen molar-refractivity contribution in [3.05, 3.63) is 68.1 Å². The molecule has 0 spiro atoms. The zero-order valence-electron chi connectivity index (χ0n) is 10.9. The number of hydrogen-bond donors (Lipinski definition) is 2. The van der Waals surface area contributed by atoms with E-state index < -0.39 is 0 Å². The van der Waals surface area contributed by atoms with Gasteiger partial charge < -0.3 is 0 Å². The average Bonchev–Trinajstić information content (AvgIpc) is 2.40. The molecule has 0 aromatic heterocycles. The summed E-state index contributed by atoms with van der Waals surface area (Å²) in [4.78, 5) is 0. The van der Waals surface area contributed by atoms with Crippen molar-refractivity contribution in [2.45, 2.75) is 19.9 Å². The highest BCUT2D eigenvalue weighted by atomic mass is 79.9. The second-order valence-corrected chi connectivity index (χ2v) is 5.76. The van der Waals surface area contributed by atoms with Crippen LogP contribution in [-0.4, -0.2) is 0 Å². The fourth-order valence-electron chi connectivity index (χ4n) is 2.18. The van der Waals surface area contributed by atoms with Crippen LogP contribution in [0.3, 0.4) is 0 Å². The summed E-state index contributed by atoms with van der Waals surface area (Å²) in [6, 6.07) is 11.9. The van der Waals surface area contributed by atoms with Gasteiger partial charge in [-0.25, -0.2) is 5.43 Å². The fourth-order valence-corrected chi connectivity index (χ4v) is 2.79. The molecule has 2 aromatic rings. The zero-order chi connectivity index (χ0) is 14.0. The monoisotopic (exact) mass is 338 g/mol. The molecule has 19 heavy (non-hydrogen) atoms. The van der Waals surface area contributed by atoms with Gasteiger partial charge in [0.1, 0.15) is 0 Å². The van der Waals surface area contributed by atoms with Gasteiger partial charge in [-0.3, -0.25) is 5.84 Å². The zero-order valence-corrected chi connectivity index (χ0v) is 13.2. The summed E-state index contributed by atoms with van der Waals surface area (Å²) >= 11 is 9.81. The molecular formula is C15H16BrClN2. The van der Waals surface area contributed by atoms with Gasteiger partial charge in [-0.05, 0) is 58.1 Å². The summed E-state index contributed by atoms with van der Waals surface area (Å²) < 4.78 is 0.872. The van der Waals surface area contributed by atoms with E-state index in [-0.39, 0.29) is 6.04 Å². The Morgan fingerprint density at radius 1 is 1.11 bits per heavy atom. The summed E-state index contributed by atoms with van der Waals surface area (Å²) in [7, 11) is 0. The molecule has 0 aliphatic carbocycles. The molecule has 0 radical (unpaired) electrons. The summed E-state index contributed by atoms with van der Waals surface area (Å²) in [5.74, 6) is 5.75. The highest BCUT2D eigenvalue weighted by molar-refractivity contribution is 9.10. The van der Waals surface area contributed by atoms with Gasteiger partial charge in [-0.15, -0.1) is 0 Å². The van der Waals surface area contributed by atoms with Gasteiger partial charge in [-0.2, -0.15) is 0 Å². The fraction of sp³-hybridized carbons (Fsp3) is 0.200. The van der Waals surface area contributed by atoms with E-state index in [2.05, 4.69) is 47.3 Å². The molecule has 1 unspecified atom stereocenters. The molecule has 1 atom stereocenters. The minimum absolute atomic E-state index is 0.120. The SMILES string of the molecule is Cc1cccc(C(NN)c2cccc(Br)c2Cl)c1C. The molecule has 3 N–H and O–H groups in total. The Bertz CT molecular complexity index is 547. The van der Waals surface area contributed by atoms with Gasteiger partial charge in [0.2, 0.25) is 0 Å². The van der Waals surface area contributed by atoms with E-state index in [0.717, 1.165) is 15.6 Å². The number of aryl methyl sites for hydroxylation is 1. The van der Waals surface area contributed by atoms with Crippen LogP contribution in [0, 0.1) is 13.8 Å². The first kappa shape index (κ1) is 14.5. The molecule has 0 aliphatic heterocycles. The highest BCUT2D eigenvalue weighted by Gasteiger charge is 2.19. The Hall–Kier alpha value is -0.870. The maximum Gasteiger partial charge on any atom is 0.0727 e. The van der Waals surface area contributed by atoms with Gasteiger partial charge in [0.05, 0.1) is 11.1 Å². The second-order valence-electron chi connectivity index (χ2n) is 4.53. The van der Waals surface area contributed by atoms with E-state index >= 15 is 0 Å². The van der Waals surface area contributed by atoms with E-state index in [0.29, 0.717) is 5.02 Å². The van der Waals surface area contributed by atoms with Crippen LogP contribution in [0.5, 0.6) is 0 Å². The van der Waals surface area contributed by atoms with E-state index in [4.69, 9.17) is 17.4 Å². The number of hydrazine groups is 1. The normalized spacial score (nSPS) is 12.5. The number of halogens is 2. The van der Waals surface area contributed by atoms with E-state index in [1.165, 1.54) is 11.1 Å². The molecule has 0 fully saturated rings. The molecular weight excluding hydrogens is 324 g/mol. The van der Waals surface area contributed by atoms with Crippen LogP contribution in [0.4, 0.5) is 0 Å². The van der Waals surface area contributed by atoms with Gasteiger partial charge in [0.15, 0.2) is 0 Å². The lowest BCUT2D eigenvalue weighted by atomic mass is 9.93. The van der Waals surface area contributed by atoms with Crippen LogP contribution >= 0.6 is 27.5 Å². The van der Waals surface area contributed by atoms with E-state index in [9.17, 15) is 0 Å². The predicted octanol–water partition coefficient (Wildman–Crippen LogP) is 4.27. The maximum absolute atomic E-state index is 6.37. The number of benzene rings is 2. The standard InChI is InChI=1S/C15H16BrClN2/c1-9-5-3-6-11(10(9)2)15(19-18)12-7-4-8-13(16)14(12)17/h3-8,15,19H,18H2,1-2H3. The first-order chi connectivity index (χ1) is 9.06. The molecule has 0 heterocycles. The van der Waals surface area contributed by atoms with Gasteiger partial charge in [0, 0.05) is 4.47 Å². The van der Waals surface area contributed by atoms with Crippen LogP contribution in [-0.2, 0) is 0 Å². The Balaban J connectivity index is 2.57. The number of nitrogens with one attached hydrogen (secondary N) is 1. The largest absolute Gasteiger partial charge is 0.271 e. The summed E-state index contributed by atoms with van der Waals surface area (Å²) in [5.41, 5.74) is 7.44. The Morgan fingerprint density at radius 3 is 2.42 bits per heavy atom. The molecule has 0 aliphatic rings. The number of rotatable bonds is 3. The molecule has 4 heteroatoms. The van der Waals surface area contributed by atoms with Crippen LogP contribution in [0.2, 0.25) is 5.02 Å². The number of hydrogen-bond acceptors (Lipinski definition) is 2. The van der Waals surface area contributed by atoms with Gasteiger partial charge in [0.25, 0.3) is 0 Å². The average molecular weight is 340 g/mol. The van der Waals surface area contributed by atoms with Crippen molar-refractivity contribution in [2.75, 3.05) is 0 Å². The molecule has 100 valence electrons. The number of nitrogens with two attached hydrogens (primary N) is 1. The maximum atomic E-state index is 6.37.